The molecular weight excluding hydrogens is 282 g/mol. The van der Waals surface area contributed by atoms with Gasteiger partial charge in [0.15, 0.2) is 0 Å². The van der Waals surface area contributed by atoms with Gasteiger partial charge >= 0.3 is 0 Å². The van der Waals surface area contributed by atoms with Crippen LogP contribution in [0.4, 0.5) is 0 Å². The Morgan fingerprint density at radius 1 is 1.47 bits per heavy atom. The van der Waals surface area contributed by atoms with Gasteiger partial charge in [0, 0.05) is 11.0 Å². The average molecular weight is 298 g/mol. The van der Waals surface area contributed by atoms with E-state index in [4.69, 9.17) is 0 Å². The van der Waals surface area contributed by atoms with Crippen molar-refractivity contribution in [3.63, 3.8) is 0 Å². The van der Waals surface area contributed by atoms with Gasteiger partial charge in [0.25, 0.3) is 5.91 Å². The first-order valence-electron chi connectivity index (χ1n) is 5.63. The average Bonchev–Trinajstić information content (AvgIpc) is 2.55. The number of hydrogen-bond acceptors (Lipinski definition) is 2. The van der Waals surface area contributed by atoms with E-state index in [2.05, 4.69) is 15.9 Å². The largest absolute Gasteiger partial charge is 0.388 e. The molecule has 1 aliphatic heterocycles. The van der Waals surface area contributed by atoms with E-state index in [1.54, 1.807) is 18.7 Å². The Morgan fingerprint density at radius 2 is 2.12 bits per heavy atom. The van der Waals surface area contributed by atoms with Crippen LogP contribution in [0.15, 0.2) is 22.7 Å². The Kier molecular flexibility index (Phi) is 3.04. The van der Waals surface area contributed by atoms with Crippen molar-refractivity contribution in [2.45, 2.75) is 39.0 Å². The monoisotopic (exact) mass is 297 g/mol. The van der Waals surface area contributed by atoms with Gasteiger partial charge < -0.3 is 10.0 Å². The van der Waals surface area contributed by atoms with Crippen molar-refractivity contribution in [2.75, 3.05) is 0 Å². The molecule has 4 heteroatoms. The highest BCUT2D eigenvalue weighted by Crippen LogP contribution is 2.32. The van der Waals surface area contributed by atoms with Gasteiger partial charge in [-0.3, -0.25) is 4.79 Å². The van der Waals surface area contributed by atoms with Gasteiger partial charge in [-0.05, 0) is 48.3 Å². The SMILES string of the molecule is C[C@@H](N1Cc2cccc(Br)c2C1=O)C(C)(C)O. The number of carbonyl (C=O) groups is 1. The van der Waals surface area contributed by atoms with Crippen LogP contribution in [0.2, 0.25) is 0 Å². The Morgan fingerprint density at radius 3 is 2.65 bits per heavy atom. The lowest BCUT2D eigenvalue weighted by molar-refractivity contribution is -0.00647. The van der Waals surface area contributed by atoms with Crippen LogP contribution in [-0.4, -0.2) is 27.6 Å². The molecule has 1 aromatic rings. The van der Waals surface area contributed by atoms with E-state index >= 15 is 0 Å². The molecule has 2 rings (SSSR count). The van der Waals surface area contributed by atoms with E-state index in [0.717, 1.165) is 15.6 Å². The number of halogens is 1. The third-order valence-electron chi connectivity index (χ3n) is 3.41. The van der Waals surface area contributed by atoms with E-state index in [-0.39, 0.29) is 11.9 Å². The Balaban J connectivity index is 2.36. The van der Waals surface area contributed by atoms with Gasteiger partial charge in [-0.15, -0.1) is 0 Å². The van der Waals surface area contributed by atoms with Crippen molar-refractivity contribution < 1.29 is 9.90 Å². The van der Waals surface area contributed by atoms with Crippen LogP contribution in [0.1, 0.15) is 36.7 Å². The third-order valence-corrected chi connectivity index (χ3v) is 4.07. The molecule has 1 atom stereocenters. The molecule has 1 aromatic carbocycles. The van der Waals surface area contributed by atoms with E-state index in [0.29, 0.717) is 6.54 Å². The lowest BCUT2D eigenvalue weighted by Crippen LogP contribution is -2.47. The number of fused-ring (bicyclic) bond motifs is 1. The highest BCUT2D eigenvalue weighted by atomic mass is 79.9. The quantitative estimate of drug-likeness (QED) is 0.911. The van der Waals surface area contributed by atoms with Gasteiger partial charge in [-0.2, -0.15) is 0 Å². The summed E-state index contributed by atoms with van der Waals surface area (Å²) in [5.41, 5.74) is 0.841. The molecule has 0 aliphatic carbocycles. The van der Waals surface area contributed by atoms with E-state index in [1.165, 1.54) is 0 Å². The number of benzene rings is 1. The van der Waals surface area contributed by atoms with Gasteiger partial charge in [0.05, 0.1) is 17.2 Å². The number of carbonyl (C=O) groups excluding carboxylic acids is 1. The second kappa shape index (κ2) is 4.10. The Hall–Kier alpha value is -0.870. The van der Waals surface area contributed by atoms with Crippen molar-refractivity contribution >= 4 is 21.8 Å². The second-order valence-corrected chi connectivity index (χ2v) is 5.89. The van der Waals surface area contributed by atoms with Crippen LogP contribution in [0.3, 0.4) is 0 Å². The van der Waals surface area contributed by atoms with Crippen molar-refractivity contribution in [1.29, 1.82) is 0 Å². The maximum atomic E-state index is 12.3. The summed E-state index contributed by atoms with van der Waals surface area (Å²) in [6.07, 6.45) is 0. The van der Waals surface area contributed by atoms with Crippen LogP contribution >= 0.6 is 15.9 Å². The fourth-order valence-corrected chi connectivity index (χ4v) is 2.61. The topological polar surface area (TPSA) is 40.5 Å². The standard InChI is InChI=1S/C13H16BrNO2/c1-8(13(2,3)17)15-7-9-5-4-6-10(14)11(9)12(15)16/h4-6,8,17H,7H2,1-3H3/t8-/m1/s1. The van der Waals surface area contributed by atoms with Gasteiger partial charge in [0.2, 0.25) is 0 Å². The summed E-state index contributed by atoms with van der Waals surface area (Å²) in [5, 5.41) is 10.0. The number of aliphatic hydroxyl groups is 1. The minimum absolute atomic E-state index is 0.0119. The molecular formula is C13H16BrNO2. The van der Waals surface area contributed by atoms with E-state index in [9.17, 15) is 9.90 Å². The Bertz CT molecular complexity index is 465. The van der Waals surface area contributed by atoms with Gasteiger partial charge in [0.1, 0.15) is 0 Å². The molecule has 1 heterocycles. The molecule has 17 heavy (non-hydrogen) atoms. The first-order chi connectivity index (χ1) is 7.82. The molecule has 0 unspecified atom stereocenters. The minimum Gasteiger partial charge on any atom is -0.388 e. The smallest absolute Gasteiger partial charge is 0.255 e. The zero-order chi connectivity index (χ0) is 12.8. The number of rotatable bonds is 2. The molecule has 92 valence electrons. The molecule has 3 nitrogen and oxygen atoms in total. The molecule has 0 radical (unpaired) electrons. The lowest BCUT2D eigenvalue weighted by atomic mass is 9.99. The Labute approximate surface area is 110 Å². The summed E-state index contributed by atoms with van der Waals surface area (Å²) in [7, 11) is 0. The molecule has 0 spiro atoms. The predicted octanol–water partition coefficient (Wildman–Crippen LogP) is 2.56. The lowest BCUT2D eigenvalue weighted by Gasteiger charge is -2.33. The number of amides is 1. The second-order valence-electron chi connectivity index (χ2n) is 5.04. The highest BCUT2D eigenvalue weighted by Gasteiger charge is 2.37. The van der Waals surface area contributed by atoms with E-state index < -0.39 is 5.60 Å². The first-order valence-corrected chi connectivity index (χ1v) is 6.42. The molecule has 0 aromatic heterocycles. The van der Waals surface area contributed by atoms with Crippen molar-refractivity contribution in [3.8, 4) is 0 Å². The maximum absolute atomic E-state index is 12.3. The highest BCUT2D eigenvalue weighted by molar-refractivity contribution is 9.10. The molecule has 1 aliphatic rings. The summed E-state index contributed by atoms with van der Waals surface area (Å²) in [4.78, 5) is 14.0. The van der Waals surface area contributed by atoms with E-state index in [1.807, 2.05) is 25.1 Å². The fourth-order valence-electron chi connectivity index (χ4n) is 2.03. The fraction of sp³-hybridized carbons (Fsp3) is 0.462. The summed E-state index contributed by atoms with van der Waals surface area (Å²) in [5.74, 6) is -0.0119. The summed E-state index contributed by atoms with van der Waals surface area (Å²) < 4.78 is 0.824. The summed E-state index contributed by atoms with van der Waals surface area (Å²) in [6, 6.07) is 5.53. The van der Waals surface area contributed by atoms with Crippen LogP contribution in [0.5, 0.6) is 0 Å². The number of hydrogen-bond donors (Lipinski definition) is 1. The molecule has 0 saturated heterocycles. The van der Waals surface area contributed by atoms with Crippen molar-refractivity contribution in [3.05, 3.63) is 33.8 Å². The van der Waals surface area contributed by atoms with Gasteiger partial charge in [-0.25, -0.2) is 0 Å². The van der Waals surface area contributed by atoms with Crippen LogP contribution in [0, 0.1) is 0 Å². The zero-order valence-electron chi connectivity index (χ0n) is 10.2. The molecule has 1 N–H and O–H groups in total. The van der Waals surface area contributed by atoms with Gasteiger partial charge in [-0.1, -0.05) is 12.1 Å². The van der Waals surface area contributed by atoms with Crippen molar-refractivity contribution in [1.82, 2.24) is 4.90 Å². The molecule has 1 amide bonds. The number of nitrogens with zero attached hydrogens (tertiary/aromatic N) is 1. The summed E-state index contributed by atoms with van der Waals surface area (Å²) >= 11 is 3.40. The molecule has 0 fully saturated rings. The maximum Gasteiger partial charge on any atom is 0.255 e. The first kappa shape index (κ1) is 12.6. The minimum atomic E-state index is -0.899. The van der Waals surface area contributed by atoms with Crippen LogP contribution < -0.4 is 0 Å². The molecule has 0 saturated carbocycles. The normalized spacial score (nSPS) is 17.2. The third kappa shape index (κ3) is 2.11. The van der Waals surface area contributed by atoms with Crippen LogP contribution in [0.25, 0.3) is 0 Å². The molecule has 0 bridgehead atoms. The van der Waals surface area contributed by atoms with Crippen LogP contribution in [-0.2, 0) is 6.54 Å². The van der Waals surface area contributed by atoms with Crippen molar-refractivity contribution in [2.24, 2.45) is 0 Å². The zero-order valence-corrected chi connectivity index (χ0v) is 11.8. The predicted molar refractivity (Wildman–Crippen MR) is 69.8 cm³/mol. The summed E-state index contributed by atoms with van der Waals surface area (Å²) in [6.45, 7) is 5.89.